The molecule has 6 nitrogen and oxygen atoms in total. The molecular weight excluding hydrogens is 270 g/mol. The number of ether oxygens (including phenoxy) is 1. The van der Waals surface area contributed by atoms with Gasteiger partial charge in [0.05, 0.1) is 18.9 Å². The summed E-state index contributed by atoms with van der Waals surface area (Å²) < 4.78 is 5.00. The van der Waals surface area contributed by atoms with Gasteiger partial charge in [-0.3, -0.25) is 4.84 Å². The summed E-state index contributed by atoms with van der Waals surface area (Å²) in [6.07, 6.45) is 1.37. The molecule has 0 atom stereocenters. The standard InChI is InChI=1S/C15H17N3O3/c1-3-20-15(19)13-11(2)16-10-17-14(13)18-21-9-12-7-5-4-6-8-12/h4-8,10H,3,9H2,1-2H3,(H,16,17,18). The summed E-state index contributed by atoms with van der Waals surface area (Å²) >= 11 is 0. The number of rotatable bonds is 6. The van der Waals surface area contributed by atoms with Crippen LogP contribution in [0.3, 0.4) is 0 Å². The lowest BCUT2D eigenvalue weighted by atomic mass is 10.2. The fourth-order valence-corrected chi connectivity index (χ4v) is 1.76. The number of nitrogens with zero attached hydrogens (tertiary/aromatic N) is 2. The average molecular weight is 287 g/mol. The molecule has 0 amide bonds. The Balaban J connectivity index is 2.06. The Labute approximate surface area is 123 Å². The quantitative estimate of drug-likeness (QED) is 0.650. The zero-order chi connectivity index (χ0) is 15.1. The minimum absolute atomic E-state index is 0.285. The smallest absolute Gasteiger partial charge is 0.343 e. The second-order valence-electron chi connectivity index (χ2n) is 4.28. The van der Waals surface area contributed by atoms with Crippen molar-refractivity contribution in [1.29, 1.82) is 0 Å². The van der Waals surface area contributed by atoms with E-state index in [2.05, 4.69) is 15.4 Å². The van der Waals surface area contributed by atoms with Gasteiger partial charge in [0.1, 0.15) is 11.9 Å². The molecule has 0 radical (unpaired) electrons. The van der Waals surface area contributed by atoms with Gasteiger partial charge in [-0.15, -0.1) is 0 Å². The minimum Gasteiger partial charge on any atom is -0.462 e. The third kappa shape index (κ3) is 4.00. The van der Waals surface area contributed by atoms with Crippen molar-refractivity contribution in [3.05, 3.63) is 53.5 Å². The fourth-order valence-electron chi connectivity index (χ4n) is 1.76. The lowest BCUT2D eigenvalue weighted by Crippen LogP contribution is -2.14. The molecule has 0 saturated heterocycles. The molecule has 0 fully saturated rings. The van der Waals surface area contributed by atoms with Gasteiger partial charge in [0.15, 0.2) is 5.82 Å². The van der Waals surface area contributed by atoms with E-state index in [0.717, 1.165) is 5.56 Å². The van der Waals surface area contributed by atoms with Gasteiger partial charge in [-0.25, -0.2) is 20.2 Å². The summed E-state index contributed by atoms with van der Waals surface area (Å²) in [4.78, 5) is 25.3. The molecule has 1 aromatic heterocycles. The first-order valence-corrected chi connectivity index (χ1v) is 6.62. The number of benzene rings is 1. The summed E-state index contributed by atoms with van der Waals surface area (Å²) in [6, 6.07) is 9.68. The Hall–Kier alpha value is -2.47. The highest BCUT2D eigenvalue weighted by atomic mass is 16.6. The Morgan fingerprint density at radius 2 is 2.00 bits per heavy atom. The molecular formula is C15H17N3O3. The van der Waals surface area contributed by atoms with Crippen molar-refractivity contribution in [1.82, 2.24) is 9.97 Å². The van der Waals surface area contributed by atoms with Crippen LogP contribution in [0.2, 0.25) is 0 Å². The third-order valence-corrected chi connectivity index (χ3v) is 2.77. The van der Waals surface area contributed by atoms with Crippen molar-refractivity contribution in [2.45, 2.75) is 20.5 Å². The fraction of sp³-hybridized carbons (Fsp3) is 0.267. The molecule has 0 bridgehead atoms. The van der Waals surface area contributed by atoms with E-state index in [1.165, 1.54) is 6.33 Å². The minimum atomic E-state index is -0.471. The van der Waals surface area contributed by atoms with Gasteiger partial charge in [-0.05, 0) is 19.4 Å². The number of hydrogen-bond donors (Lipinski definition) is 1. The zero-order valence-electron chi connectivity index (χ0n) is 12.0. The van der Waals surface area contributed by atoms with E-state index in [4.69, 9.17) is 9.57 Å². The van der Waals surface area contributed by atoms with E-state index >= 15 is 0 Å². The molecule has 0 spiro atoms. The van der Waals surface area contributed by atoms with Gasteiger partial charge in [0.25, 0.3) is 0 Å². The summed E-state index contributed by atoms with van der Waals surface area (Å²) in [7, 11) is 0. The maximum absolute atomic E-state index is 11.9. The normalized spacial score (nSPS) is 10.2. The Bertz CT molecular complexity index is 602. The highest BCUT2D eigenvalue weighted by Gasteiger charge is 2.18. The Morgan fingerprint density at radius 3 is 2.71 bits per heavy atom. The van der Waals surface area contributed by atoms with Crippen LogP contribution in [0.5, 0.6) is 0 Å². The third-order valence-electron chi connectivity index (χ3n) is 2.77. The van der Waals surface area contributed by atoms with Crippen LogP contribution in [0, 0.1) is 6.92 Å². The molecule has 21 heavy (non-hydrogen) atoms. The molecule has 0 saturated carbocycles. The zero-order valence-corrected chi connectivity index (χ0v) is 12.0. The lowest BCUT2D eigenvalue weighted by Gasteiger charge is -2.11. The van der Waals surface area contributed by atoms with Crippen LogP contribution < -0.4 is 5.48 Å². The molecule has 0 aliphatic carbocycles. The van der Waals surface area contributed by atoms with Crippen LogP contribution in [0.1, 0.15) is 28.5 Å². The molecule has 110 valence electrons. The maximum Gasteiger partial charge on any atom is 0.343 e. The molecule has 2 aromatic rings. The molecule has 0 aliphatic heterocycles. The van der Waals surface area contributed by atoms with Crippen molar-refractivity contribution >= 4 is 11.8 Å². The van der Waals surface area contributed by atoms with E-state index < -0.39 is 5.97 Å². The average Bonchev–Trinajstić information content (AvgIpc) is 2.48. The number of esters is 1. The Kier molecular flexibility index (Phi) is 5.22. The first kappa shape index (κ1) is 14.9. The monoisotopic (exact) mass is 287 g/mol. The van der Waals surface area contributed by atoms with Crippen LogP contribution in [0.25, 0.3) is 0 Å². The van der Waals surface area contributed by atoms with E-state index in [9.17, 15) is 4.79 Å². The predicted molar refractivity (Wildman–Crippen MR) is 77.6 cm³/mol. The number of nitrogens with one attached hydrogen (secondary N) is 1. The van der Waals surface area contributed by atoms with Crippen LogP contribution in [0.15, 0.2) is 36.7 Å². The van der Waals surface area contributed by atoms with E-state index in [1.54, 1.807) is 13.8 Å². The topological polar surface area (TPSA) is 73.3 Å². The Morgan fingerprint density at radius 1 is 1.24 bits per heavy atom. The second kappa shape index (κ2) is 7.35. The van der Waals surface area contributed by atoms with Crippen molar-refractivity contribution in [3.8, 4) is 0 Å². The molecule has 1 heterocycles. The molecule has 0 unspecified atom stereocenters. The summed E-state index contributed by atoms with van der Waals surface area (Å²) in [5, 5.41) is 0. The number of aromatic nitrogens is 2. The first-order valence-electron chi connectivity index (χ1n) is 6.62. The maximum atomic E-state index is 11.9. The van der Waals surface area contributed by atoms with Gasteiger partial charge in [-0.1, -0.05) is 30.3 Å². The number of carbonyl (C=O) groups is 1. The van der Waals surface area contributed by atoms with Gasteiger partial charge < -0.3 is 4.74 Å². The van der Waals surface area contributed by atoms with Crippen LogP contribution in [-0.4, -0.2) is 22.5 Å². The SMILES string of the molecule is CCOC(=O)c1c(C)ncnc1NOCc1ccccc1. The molecule has 0 aliphatic rings. The lowest BCUT2D eigenvalue weighted by molar-refractivity contribution is 0.0523. The highest BCUT2D eigenvalue weighted by Crippen LogP contribution is 2.16. The molecule has 1 aromatic carbocycles. The van der Waals surface area contributed by atoms with E-state index in [1.807, 2.05) is 30.3 Å². The number of anilines is 1. The summed E-state index contributed by atoms with van der Waals surface area (Å²) in [5.41, 5.74) is 4.52. The van der Waals surface area contributed by atoms with Crippen molar-refractivity contribution in [3.63, 3.8) is 0 Å². The second-order valence-corrected chi connectivity index (χ2v) is 4.28. The predicted octanol–water partition coefficient (Wildman–Crippen LogP) is 2.51. The molecule has 2 rings (SSSR count). The van der Waals surface area contributed by atoms with Crippen molar-refractivity contribution < 1.29 is 14.4 Å². The van der Waals surface area contributed by atoms with Crippen LogP contribution in [-0.2, 0) is 16.2 Å². The van der Waals surface area contributed by atoms with E-state index in [0.29, 0.717) is 18.1 Å². The first-order chi connectivity index (χ1) is 10.2. The van der Waals surface area contributed by atoms with Crippen molar-refractivity contribution in [2.24, 2.45) is 0 Å². The van der Waals surface area contributed by atoms with Gasteiger partial charge in [-0.2, -0.15) is 0 Å². The highest BCUT2D eigenvalue weighted by molar-refractivity contribution is 5.95. The number of hydrogen-bond acceptors (Lipinski definition) is 6. The summed E-state index contributed by atoms with van der Waals surface area (Å²) in [6.45, 7) is 4.11. The largest absolute Gasteiger partial charge is 0.462 e. The summed E-state index contributed by atoms with van der Waals surface area (Å²) in [5.74, 6) is -0.168. The van der Waals surface area contributed by atoms with Gasteiger partial charge in [0.2, 0.25) is 0 Å². The van der Waals surface area contributed by atoms with Crippen LogP contribution in [0.4, 0.5) is 5.82 Å². The van der Waals surface area contributed by atoms with Gasteiger partial charge in [0, 0.05) is 0 Å². The van der Waals surface area contributed by atoms with Gasteiger partial charge >= 0.3 is 5.97 Å². The number of carbonyl (C=O) groups excluding carboxylic acids is 1. The molecule has 1 N–H and O–H groups in total. The number of aryl methyl sites for hydroxylation is 1. The van der Waals surface area contributed by atoms with Crippen LogP contribution >= 0.6 is 0 Å². The van der Waals surface area contributed by atoms with E-state index in [-0.39, 0.29) is 12.2 Å². The molecule has 6 heteroatoms. The van der Waals surface area contributed by atoms with Crippen molar-refractivity contribution in [2.75, 3.05) is 12.1 Å².